The summed E-state index contributed by atoms with van der Waals surface area (Å²) in [7, 11) is 1.77. The van der Waals surface area contributed by atoms with Crippen molar-refractivity contribution in [2.24, 2.45) is 0 Å². The van der Waals surface area contributed by atoms with Crippen LogP contribution >= 0.6 is 23.2 Å². The van der Waals surface area contributed by atoms with Crippen molar-refractivity contribution in [3.63, 3.8) is 0 Å². The number of carbonyl (C=O) groups is 1. The van der Waals surface area contributed by atoms with Gasteiger partial charge in [-0.3, -0.25) is 4.79 Å². The Morgan fingerprint density at radius 1 is 1.33 bits per heavy atom. The molecule has 0 N–H and O–H groups in total. The molecule has 0 unspecified atom stereocenters. The number of hydrogen-bond acceptors (Lipinski definition) is 2. The summed E-state index contributed by atoms with van der Waals surface area (Å²) in [6.45, 7) is 1.02. The van der Waals surface area contributed by atoms with Crippen LogP contribution in [0.25, 0.3) is 0 Å². The van der Waals surface area contributed by atoms with Crippen molar-refractivity contribution >= 4 is 29.1 Å². The fraction of sp³-hybridized carbons (Fsp3) is 0.462. The van der Waals surface area contributed by atoms with E-state index in [1.807, 2.05) is 0 Å². The second-order valence-corrected chi connectivity index (χ2v) is 4.72. The molecule has 0 atom stereocenters. The zero-order valence-corrected chi connectivity index (χ0v) is 11.9. The Kier molecular flexibility index (Phi) is 6.91. The molecule has 1 aromatic carbocycles. The smallest absolute Gasteiger partial charge is 0.222 e. The Labute approximate surface area is 118 Å². The molecule has 1 rings (SSSR count). The topological polar surface area (TPSA) is 29.5 Å². The average Bonchev–Trinajstić information content (AvgIpc) is 2.38. The summed E-state index contributed by atoms with van der Waals surface area (Å²) in [6, 6.07) is 7.15. The van der Waals surface area contributed by atoms with E-state index < -0.39 is 0 Å². The van der Waals surface area contributed by atoms with Crippen molar-refractivity contribution in [1.29, 1.82) is 0 Å². The molecule has 1 aromatic rings. The third kappa shape index (κ3) is 5.61. The van der Waals surface area contributed by atoms with Gasteiger partial charge >= 0.3 is 0 Å². The van der Waals surface area contributed by atoms with E-state index in [2.05, 4.69) is 0 Å². The molecule has 0 aliphatic heterocycles. The molecule has 0 aliphatic rings. The van der Waals surface area contributed by atoms with E-state index in [9.17, 15) is 4.79 Å². The molecule has 0 aromatic heterocycles. The predicted molar refractivity (Wildman–Crippen MR) is 74.5 cm³/mol. The summed E-state index contributed by atoms with van der Waals surface area (Å²) in [5.41, 5.74) is 0. The Morgan fingerprint density at radius 2 is 2.00 bits per heavy atom. The van der Waals surface area contributed by atoms with Crippen LogP contribution < -0.4 is 4.74 Å². The summed E-state index contributed by atoms with van der Waals surface area (Å²) >= 11 is 11.3. The Hall–Kier alpha value is -0.930. The zero-order chi connectivity index (χ0) is 13.4. The van der Waals surface area contributed by atoms with Crippen LogP contribution in [0.3, 0.4) is 0 Å². The van der Waals surface area contributed by atoms with Gasteiger partial charge < -0.3 is 9.64 Å². The number of hydrogen-bond donors (Lipinski definition) is 0. The van der Waals surface area contributed by atoms with E-state index in [0.717, 1.165) is 5.75 Å². The Morgan fingerprint density at radius 3 is 2.61 bits per heavy atom. The molecule has 0 fully saturated rings. The second kappa shape index (κ2) is 8.22. The first kappa shape index (κ1) is 15.1. The molecular formula is C13H17Cl2NO2. The molecule has 1 amide bonds. The van der Waals surface area contributed by atoms with E-state index in [4.69, 9.17) is 27.9 Å². The highest BCUT2D eigenvalue weighted by atomic mass is 35.5. The van der Waals surface area contributed by atoms with Crippen LogP contribution in [0.4, 0.5) is 0 Å². The SMILES string of the molecule is CN(CCOc1ccc(Cl)cc1)C(=O)CCCCl. The van der Waals surface area contributed by atoms with Gasteiger partial charge in [0.1, 0.15) is 12.4 Å². The van der Waals surface area contributed by atoms with E-state index in [1.54, 1.807) is 36.2 Å². The standard InChI is InChI=1S/C13H17Cl2NO2/c1-16(13(17)3-2-8-14)9-10-18-12-6-4-11(15)5-7-12/h4-7H,2-3,8-10H2,1H3. The minimum atomic E-state index is 0.0929. The summed E-state index contributed by atoms with van der Waals surface area (Å²) in [5.74, 6) is 1.36. The van der Waals surface area contributed by atoms with Gasteiger partial charge in [0.2, 0.25) is 5.91 Å². The maximum absolute atomic E-state index is 11.6. The maximum atomic E-state index is 11.6. The van der Waals surface area contributed by atoms with Crippen molar-refractivity contribution in [2.45, 2.75) is 12.8 Å². The monoisotopic (exact) mass is 289 g/mol. The molecule has 18 heavy (non-hydrogen) atoms. The number of alkyl halides is 1. The number of amides is 1. The minimum Gasteiger partial charge on any atom is -0.492 e. The van der Waals surface area contributed by atoms with Crippen LogP contribution in [-0.4, -0.2) is 36.9 Å². The summed E-state index contributed by atoms with van der Waals surface area (Å²) < 4.78 is 5.51. The molecular weight excluding hydrogens is 273 g/mol. The van der Waals surface area contributed by atoms with Crippen LogP contribution in [0.5, 0.6) is 5.75 Å². The summed E-state index contributed by atoms with van der Waals surface area (Å²) in [4.78, 5) is 13.2. The number of halogens is 2. The lowest BCUT2D eigenvalue weighted by Gasteiger charge is -2.17. The number of nitrogens with zero attached hydrogens (tertiary/aromatic N) is 1. The van der Waals surface area contributed by atoms with Crippen molar-refractivity contribution in [3.05, 3.63) is 29.3 Å². The maximum Gasteiger partial charge on any atom is 0.222 e. The van der Waals surface area contributed by atoms with Crippen molar-refractivity contribution in [3.8, 4) is 5.75 Å². The third-order valence-corrected chi connectivity index (χ3v) is 2.98. The Balaban J connectivity index is 2.24. The molecule has 0 heterocycles. The fourth-order valence-corrected chi connectivity index (χ4v) is 1.62. The van der Waals surface area contributed by atoms with E-state index in [-0.39, 0.29) is 5.91 Å². The van der Waals surface area contributed by atoms with Gasteiger partial charge in [-0.15, -0.1) is 11.6 Å². The minimum absolute atomic E-state index is 0.0929. The first-order valence-corrected chi connectivity index (χ1v) is 6.73. The largest absolute Gasteiger partial charge is 0.492 e. The summed E-state index contributed by atoms with van der Waals surface area (Å²) in [6.07, 6.45) is 1.20. The molecule has 5 heteroatoms. The van der Waals surface area contributed by atoms with Gasteiger partial charge in [-0.25, -0.2) is 0 Å². The third-order valence-electron chi connectivity index (χ3n) is 2.46. The lowest BCUT2D eigenvalue weighted by atomic mass is 10.3. The van der Waals surface area contributed by atoms with Gasteiger partial charge in [-0.2, -0.15) is 0 Å². The highest BCUT2D eigenvalue weighted by molar-refractivity contribution is 6.30. The molecule has 0 aliphatic carbocycles. The molecule has 0 radical (unpaired) electrons. The lowest BCUT2D eigenvalue weighted by molar-refractivity contribution is -0.130. The van der Waals surface area contributed by atoms with Crippen LogP contribution in [0, 0.1) is 0 Å². The van der Waals surface area contributed by atoms with Crippen molar-refractivity contribution < 1.29 is 9.53 Å². The quantitative estimate of drug-likeness (QED) is 0.722. The van der Waals surface area contributed by atoms with Crippen LogP contribution in [-0.2, 0) is 4.79 Å². The van der Waals surface area contributed by atoms with Gasteiger partial charge in [0, 0.05) is 24.4 Å². The average molecular weight is 290 g/mol. The van der Waals surface area contributed by atoms with E-state index in [1.165, 1.54) is 0 Å². The molecule has 0 saturated heterocycles. The number of likely N-dealkylation sites (N-methyl/N-ethyl adjacent to an activating group) is 1. The molecule has 0 spiro atoms. The lowest BCUT2D eigenvalue weighted by Crippen LogP contribution is -2.30. The fourth-order valence-electron chi connectivity index (χ4n) is 1.36. The number of rotatable bonds is 7. The highest BCUT2D eigenvalue weighted by Crippen LogP contribution is 2.15. The van der Waals surface area contributed by atoms with Gasteiger partial charge in [-0.1, -0.05) is 11.6 Å². The summed E-state index contributed by atoms with van der Waals surface area (Å²) in [5, 5.41) is 0.677. The van der Waals surface area contributed by atoms with E-state index in [0.29, 0.717) is 36.9 Å². The zero-order valence-electron chi connectivity index (χ0n) is 10.4. The highest BCUT2D eigenvalue weighted by Gasteiger charge is 2.07. The Bertz CT molecular complexity index is 368. The van der Waals surface area contributed by atoms with Crippen molar-refractivity contribution in [2.75, 3.05) is 26.1 Å². The normalized spacial score (nSPS) is 10.2. The van der Waals surface area contributed by atoms with Gasteiger partial charge in [0.25, 0.3) is 0 Å². The van der Waals surface area contributed by atoms with Gasteiger partial charge in [0.15, 0.2) is 0 Å². The van der Waals surface area contributed by atoms with E-state index >= 15 is 0 Å². The van der Waals surface area contributed by atoms with Crippen LogP contribution in [0.1, 0.15) is 12.8 Å². The van der Waals surface area contributed by atoms with Gasteiger partial charge in [-0.05, 0) is 30.7 Å². The predicted octanol–water partition coefficient (Wildman–Crippen LogP) is 3.20. The molecule has 3 nitrogen and oxygen atoms in total. The first-order chi connectivity index (χ1) is 8.63. The van der Waals surface area contributed by atoms with Crippen molar-refractivity contribution in [1.82, 2.24) is 4.90 Å². The van der Waals surface area contributed by atoms with Crippen LogP contribution in [0.2, 0.25) is 5.02 Å². The number of benzene rings is 1. The molecule has 0 saturated carbocycles. The molecule has 100 valence electrons. The first-order valence-electron chi connectivity index (χ1n) is 5.82. The second-order valence-electron chi connectivity index (χ2n) is 3.91. The number of ether oxygens (including phenoxy) is 1. The molecule has 0 bridgehead atoms. The number of carbonyl (C=O) groups excluding carboxylic acids is 1. The van der Waals surface area contributed by atoms with Crippen LogP contribution in [0.15, 0.2) is 24.3 Å². The van der Waals surface area contributed by atoms with Gasteiger partial charge in [0.05, 0.1) is 6.54 Å².